The maximum Gasteiger partial charge on any atom is 0.329 e. The van der Waals surface area contributed by atoms with Crippen molar-refractivity contribution >= 4 is 39.2 Å². The Hall–Kier alpha value is -3.36. The highest BCUT2D eigenvalue weighted by molar-refractivity contribution is 9.10. The second-order valence-corrected chi connectivity index (χ2v) is 9.37. The predicted molar refractivity (Wildman–Crippen MR) is 140 cm³/mol. The number of urea groups is 1. The van der Waals surface area contributed by atoms with Gasteiger partial charge in [-0.15, -0.1) is 0 Å². The van der Waals surface area contributed by atoms with E-state index in [0.29, 0.717) is 34.6 Å². The summed E-state index contributed by atoms with van der Waals surface area (Å²) in [5.41, 5.74) is -0.112. The predicted octanol–water partition coefficient (Wildman–Crippen LogP) is 5.18. The monoisotopic (exact) mass is 537 g/mol. The number of rotatable bonds is 8. The van der Waals surface area contributed by atoms with Gasteiger partial charge in [-0.05, 0) is 74.7 Å². The van der Waals surface area contributed by atoms with Gasteiger partial charge in [-0.3, -0.25) is 9.69 Å². The van der Waals surface area contributed by atoms with E-state index >= 15 is 0 Å². The summed E-state index contributed by atoms with van der Waals surface area (Å²) in [6.45, 7) is 4.26. The van der Waals surface area contributed by atoms with Crippen LogP contribution in [0.1, 0.15) is 31.4 Å². The second-order valence-electron chi connectivity index (χ2n) is 8.45. The van der Waals surface area contributed by atoms with Crippen molar-refractivity contribution in [2.75, 3.05) is 16.8 Å². The zero-order valence-electron chi connectivity index (χ0n) is 19.6. The lowest BCUT2D eigenvalue weighted by atomic mass is 9.94. The normalized spacial score (nSPS) is 17.8. The molecule has 3 N–H and O–H groups in total. The van der Waals surface area contributed by atoms with E-state index < -0.39 is 17.7 Å². The summed E-state index contributed by atoms with van der Waals surface area (Å²) >= 11 is 3.42. The highest BCUT2D eigenvalue weighted by Crippen LogP contribution is 2.41. The number of halogens is 1. The Labute approximate surface area is 213 Å². The van der Waals surface area contributed by atoms with E-state index in [9.17, 15) is 14.7 Å². The first-order valence-corrected chi connectivity index (χ1v) is 12.3. The standard InChI is InChI=1S/C27H28BrN3O4/c1-3-35-22-14-12-21(13-15-22)31-26(33)30-24-16-11-20(28)17-23(24)27(31,34)25(32)29-18(2)9-10-19-7-5-4-6-8-19/h4-8,11-18,34H,3,9-10H2,1-2H3,(H,29,32)(H,30,33). The maximum absolute atomic E-state index is 13.7. The van der Waals surface area contributed by atoms with Crippen LogP contribution in [0.4, 0.5) is 16.2 Å². The zero-order valence-corrected chi connectivity index (χ0v) is 21.2. The molecule has 0 spiro atoms. The van der Waals surface area contributed by atoms with Crippen LogP contribution in [0.2, 0.25) is 0 Å². The fourth-order valence-electron chi connectivity index (χ4n) is 4.16. The smallest absolute Gasteiger partial charge is 0.329 e. The third-order valence-electron chi connectivity index (χ3n) is 5.93. The van der Waals surface area contributed by atoms with Gasteiger partial charge in [0.2, 0.25) is 0 Å². The quantitative estimate of drug-likeness (QED) is 0.369. The molecule has 3 aromatic rings. The van der Waals surface area contributed by atoms with Crippen LogP contribution in [-0.2, 0) is 16.9 Å². The molecule has 0 aliphatic carbocycles. The summed E-state index contributed by atoms with van der Waals surface area (Å²) in [5.74, 6) is -0.0551. The zero-order chi connectivity index (χ0) is 25.0. The number of aliphatic hydroxyl groups is 1. The fourth-order valence-corrected chi connectivity index (χ4v) is 4.52. The molecule has 2 unspecified atom stereocenters. The number of ether oxygens (including phenoxy) is 1. The van der Waals surface area contributed by atoms with Crippen molar-refractivity contribution in [1.82, 2.24) is 5.32 Å². The molecular formula is C27H28BrN3O4. The van der Waals surface area contributed by atoms with Crippen molar-refractivity contribution < 1.29 is 19.4 Å². The third kappa shape index (κ3) is 5.18. The van der Waals surface area contributed by atoms with Crippen molar-refractivity contribution in [2.45, 2.75) is 38.5 Å². The highest BCUT2D eigenvalue weighted by Gasteiger charge is 2.52. The van der Waals surface area contributed by atoms with Gasteiger partial charge in [0.25, 0.3) is 11.6 Å². The molecule has 0 fully saturated rings. The van der Waals surface area contributed by atoms with Gasteiger partial charge in [0.15, 0.2) is 0 Å². The number of hydrogen-bond donors (Lipinski definition) is 3. The molecule has 182 valence electrons. The van der Waals surface area contributed by atoms with E-state index in [1.807, 2.05) is 44.2 Å². The van der Waals surface area contributed by atoms with Crippen molar-refractivity contribution in [3.63, 3.8) is 0 Å². The van der Waals surface area contributed by atoms with Crippen molar-refractivity contribution in [3.8, 4) is 5.75 Å². The van der Waals surface area contributed by atoms with Crippen LogP contribution >= 0.6 is 15.9 Å². The molecule has 2 atom stereocenters. The number of nitrogens with one attached hydrogen (secondary N) is 2. The minimum Gasteiger partial charge on any atom is -0.494 e. The lowest BCUT2D eigenvalue weighted by Crippen LogP contribution is -2.63. The average Bonchev–Trinajstić information content (AvgIpc) is 2.85. The molecule has 7 nitrogen and oxygen atoms in total. The maximum atomic E-state index is 13.7. The Balaban J connectivity index is 1.66. The number of aryl methyl sites for hydroxylation is 1. The van der Waals surface area contributed by atoms with Crippen molar-refractivity contribution in [2.24, 2.45) is 0 Å². The van der Waals surface area contributed by atoms with Crippen LogP contribution in [0, 0.1) is 0 Å². The fraction of sp³-hybridized carbons (Fsp3) is 0.259. The largest absolute Gasteiger partial charge is 0.494 e. The van der Waals surface area contributed by atoms with Gasteiger partial charge in [0, 0.05) is 21.8 Å². The third-order valence-corrected chi connectivity index (χ3v) is 6.43. The number of carbonyl (C=O) groups excluding carboxylic acids is 2. The number of carbonyl (C=O) groups is 2. The van der Waals surface area contributed by atoms with Gasteiger partial charge < -0.3 is 20.5 Å². The first-order valence-electron chi connectivity index (χ1n) is 11.5. The minimum absolute atomic E-state index is 0.241. The molecule has 4 rings (SSSR count). The molecular weight excluding hydrogens is 510 g/mol. The Morgan fingerprint density at radius 1 is 1.14 bits per heavy atom. The van der Waals surface area contributed by atoms with Crippen LogP contribution in [0.3, 0.4) is 0 Å². The highest BCUT2D eigenvalue weighted by atomic mass is 79.9. The van der Waals surface area contributed by atoms with E-state index in [0.717, 1.165) is 16.9 Å². The molecule has 35 heavy (non-hydrogen) atoms. The van der Waals surface area contributed by atoms with E-state index in [4.69, 9.17) is 4.74 Å². The molecule has 1 heterocycles. The van der Waals surface area contributed by atoms with Crippen LogP contribution in [0.15, 0.2) is 77.3 Å². The van der Waals surface area contributed by atoms with Crippen molar-refractivity contribution in [3.05, 3.63) is 88.4 Å². The average molecular weight is 538 g/mol. The summed E-state index contributed by atoms with van der Waals surface area (Å²) < 4.78 is 6.16. The first-order chi connectivity index (χ1) is 16.8. The summed E-state index contributed by atoms with van der Waals surface area (Å²) in [5, 5.41) is 17.7. The molecule has 0 saturated heterocycles. The van der Waals surface area contributed by atoms with Crippen LogP contribution in [0.5, 0.6) is 5.75 Å². The van der Waals surface area contributed by atoms with Crippen LogP contribution < -0.4 is 20.3 Å². The number of nitrogens with zero attached hydrogens (tertiary/aromatic N) is 1. The van der Waals surface area contributed by atoms with Gasteiger partial charge in [-0.25, -0.2) is 4.79 Å². The molecule has 3 amide bonds. The number of fused-ring (bicyclic) bond motifs is 1. The summed E-state index contributed by atoms with van der Waals surface area (Å²) in [4.78, 5) is 28.0. The summed E-state index contributed by atoms with van der Waals surface area (Å²) in [7, 11) is 0. The number of benzene rings is 3. The molecule has 0 aromatic heterocycles. The molecule has 8 heteroatoms. The molecule has 0 bridgehead atoms. The molecule has 0 saturated carbocycles. The topological polar surface area (TPSA) is 90.9 Å². The summed E-state index contributed by atoms with van der Waals surface area (Å²) in [6.07, 6.45) is 1.44. The Bertz CT molecular complexity index is 1200. The summed E-state index contributed by atoms with van der Waals surface area (Å²) in [6, 6.07) is 20.9. The van der Waals surface area contributed by atoms with E-state index in [2.05, 4.69) is 26.6 Å². The Morgan fingerprint density at radius 2 is 1.86 bits per heavy atom. The lowest BCUT2D eigenvalue weighted by molar-refractivity contribution is -0.141. The number of anilines is 2. The van der Waals surface area contributed by atoms with Gasteiger partial charge in [-0.2, -0.15) is 0 Å². The van der Waals surface area contributed by atoms with E-state index in [1.165, 1.54) is 0 Å². The van der Waals surface area contributed by atoms with Gasteiger partial charge in [0.1, 0.15) is 5.75 Å². The molecule has 1 aliphatic rings. The first kappa shape index (κ1) is 24.8. The SMILES string of the molecule is CCOc1ccc(N2C(=O)Nc3ccc(Br)cc3C2(O)C(=O)NC(C)CCc2ccccc2)cc1. The number of amides is 3. The lowest BCUT2D eigenvalue weighted by Gasteiger charge is -2.43. The van der Waals surface area contributed by atoms with E-state index in [-0.39, 0.29) is 11.6 Å². The number of hydrogen-bond acceptors (Lipinski definition) is 4. The second kappa shape index (κ2) is 10.5. The van der Waals surface area contributed by atoms with Crippen molar-refractivity contribution in [1.29, 1.82) is 0 Å². The van der Waals surface area contributed by atoms with Gasteiger partial charge in [0.05, 0.1) is 12.3 Å². The van der Waals surface area contributed by atoms with Crippen LogP contribution in [-0.4, -0.2) is 29.7 Å². The Morgan fingerprint density at radius 3 is 2.54 bits per heavy atom. The van der Waals surface area contributed by atoms with Gasteiger partial charge in [-0.1, -0.05) is 46.3 Å². The Kier molecular flexibility index (Phi) is 7.42. The minimum atomic E-state index is -2.27. The molecule has 3 aromatic carbocycles. The molecule has 1 aliphatic heterocycles. The molecule has 0 radical (unpaired) electrons. The van der Waals surface area contributed by atoms with E-state index in [1.54, 1.807) is 42.5 Å². The van der Waals surface area contributed by atoms with Gasteiger partial charge >= 0.3 is 6.03 Å². The van der Waals surface area contributed by atoms with Crippen LogP contribution in [0.25, 0.3) is 0 Å².